The third kappa shape index (κ3) is 2.11. The van der Waals surface area contributed by atoms with E-state index < -0.39 is 17.7 Å². The van der Waals surface area contributed by atoms with Crippen molar-refractivity contribution in [1.82, 2.24) is 14.6 Å². The topological polar surface area (TPSA) is 30.2 Å². The van der Waals surface area contributed by atoms with Gasteiger partial charge in [-0.3, -0.25) is 0 Å². The molecule has 2 aromatic heterocycles. The highest BCUT2D eigenvalue weighted by atomic mass is 19.4. The van der Waals surface area contributed by atoms with Gasteiger partial charge in [-0.15, -0.1) is 0 Å². The summed E-state index contributed by atoms with van der Waals surface area (Å²) in [5.74, 6) is -0.463. The van der Waals surface area contributed by atoms with Crippen molar-refractivity contribution in [2.45, 2.75) is 6.18 Å². The van der Waals surface area contributed by atoms with E-state index in [1.807, 2.05) is 0 Å². The Morgan fingerprint density at radius 1 is 1.00 bits per heavy atom. The van der Waals surface area contributed by atoms with Crippen molar-refractivity contribution in [3.05, 3.63) is 54.1 Å². The maximum absolute atomic E-state index is 13.0. The molecule has 0 fully saturated rings. The molecule has 0 aliphatic heterocycles. The van der Waals surface area contributed by atoms with Crippen molar-refractivity contribution in [3.8, 4) is 11.3 Å². The second-order valence-electron chi connectivity index (χ2n) is 4.13. The molecule has 20 heavy (non-hydrogen) atoms. The van der Waals surface area contributed by atoms with E-state index in [4.69, 9.17) is 0 Å². The van der Waals surface area contributed by atoms with Gasteiger partial charge >= 0.3 is 6.18 Å². The normalized spacial score (nSPS) is 12.0. The van der Waals surface area contributed by atoms with Crippen molar-refractivity contribution in [1.29, 1.82) is 0 Å². The molecule has 0 saturated heterocycles. The Balaban J connectivity index is 2.24. The summed E-state index contributed by atoms with van der Waals surface area (Å²) in [6, 6.07) is 7.38. The van der Waals surface area contributed by atoms with Gasteiger partial charge in [-0.05, 0) is 30.3 Å². The first-order valence-electron chi connectivity index (χ1n) is 5.63. The minimum atomic E-state index is -4.55. The summed E-state index contributed by atoms with van der Waals surface area (Å²) in [5, 5.41) is 3.61. The minimum Gasteiger partial charge on any atom is -0.229 e. The average Bonchev–Trinajstić information content (AvgIpc) is 2.85. The van der Waals surface area contributed by atoms with Crippen LogP contribution in [0.1, 0.15) is 5.69 Å². The van der Waals surface area contributed by atoms with Crippen LogP contribution in [0.4, 0.5) is 17.6 Å². The van der Waals surface area contributed by atoms with E-state index in [0.29, 0.717) is 5.56 Å². The molecule has 2 heterocycles. The highest BCUT2D eigenvalue weighted by Crippen LogP contribution is 2.31. The lowest BCUT2D eigenvalue weighted by atomic mass is 10.1. The highest BCUT2D eigenvalue weighted by Gasteiger charge is 2.35. The summed E-state index contributed by atoms with van der Waals surface area (Å²) in [7, 11) is 0. The fourth-order valence-corrected chi connectivity index (χ4v) is 1.88. The number of benzene rings is 1. The summed E-state index contributed by atoms with van der Waals surface area (Å²) >= 11 is 0. The first-order valence-corrected chi connectivity index (χ1v) is 5.63. The lowest BCUT2D eigenvalue weighted by molar-refractivity contribution is -0.142. The fraction of sp³-hybridized carbons (Fsp3) is 0.0769. The molecule has 3 rings (SSSR count). The van der Waals surface area contributed by atoms with Crippen LogP contribution in [0.5, 0.6) is 0 Å². The van der Waals surface area contributed by atoms with Crippen LogP contribution in [0.25, 0.3) is 16.9 Å². The van der Waals surface area contributed by atoms with Crippen LogP contribution in [0.15, 0.2) is 42.6 Å². The van der Waals surface area contributed by atoms with Gasteiger partial charge < -0.3 is 0 Å². The number of rotatable bonds is 1. The Morgan fingerprint density at radius 2 is 1.70 bits per heavy atom. The maximum Gasteiger partial charge on any atom is 0.433 e. The second-order valence-corrected chi connectivity index (χ2v) is 4.13. The molecule has 0 unspecified atom stereocenters. The Hall–Kier alpha value is -2.44. The zero-order valence-corrected chi connectivity index (χ0v) is 9.89. The van der Waals surface area contributed by atoms with Crippen molar-refractivity contribution in [2.75, 3.05) is 0 Å². The predicted octanol–water partition coefficient (Wildman–Crippen LogP) is 3.55. The van der Waals surface area contributed by atoms with E-state index in [0.717, 1.165) is 10.6 Å². The zero-order valence-electron chi connectivity index (χ0n) is 9.89. The van der Waals surface area contributed by atoms with Crippen LogP contribution < -0.4 is 0 Å². The molecule has 7 heteroatoms. The van der Waals surface area contributed by atoms with Gasteiger partial charge in [0, 0.05) is 11.6 Å². The minimum absolute atomic E-state index is 0.0825. The molecule has 0 atom stereocenters. The van der Waals surface area contributed by atoms with Gasteiger partial charge in [0.25, 0.3) is 0 Å². The summed E-state index contributed by atoms with van der Waals surface area (Å²) in [6.45, 7) is 0. The van der Waals surface area contributed by atoms with Crippen molar-refractivity contribution in [2.24, 2.45) is 0 Å². The van der Waals surface area contributed by atoms with Crippen molar-refractivity contribution >= 4 is 5.65 Å². The van der Waals surface area contributed by atoms with Gasteiger partial charge in [0.1, 0.15) is 5.82 Å². The third-order valence-electron chi connectivity index (χ3n) is 2.79. The molecule has 0 radical (unpaired) electrons. The Morgan fingerprint density at radius 3 is 2.35 bits per heavy atom. The monoisotopic (exact) mass is 281 g/mol. The molecular formula is C13H7F4N3. The Bertz CT molecular complexity index is 759. The van der Waals surface area contributed by atoms with Gasteiger partial charge in [-0.25, -0.2) is 13.9 Å². The lowest BCUT2D eigenvalue weighted by Crippen LogP contribution is -2.13. The van der Waals surface area contributed by atoms with Crippen LogP contribution in [-0.2, 0) is 6.18 Å². The first kappa shape index (κ1) is 12.6. The van der Waals surface area contributed by atoms with Gasteiger partial charge in [-0.2, -0.15) is 18.3 Å². The number of halogens is 4. The number of alkyl halides is 3. The summed E-state index contributed by atoms with van der Waals surface area (Å²) < 4.78 is 52.6. The Labute approximate surface area is 110 Å². The number of hydrogen-bond acceptors (Lipinski definition) is 2. The molecule has 0 bridgehead atoms. The maximum atomic E-state index is 13.0. The molecule has 0 aliphatic carbocycles. The molecular weight excluding hydrogens is 274 g/mol. The summed E-state index contributed by atoms with van der Waals surface area (Å²) in [4.78, 5) is 4.09. The number of nitrogens with zero attached hydrogens (tertiary/aromatic N) is 3. The number of aromatic nitrogens is 3. The molecule has 0 aliphatic rings. The largest absolute Gasteiger partial charge is 0.433 e. The van der Waals surface area contributed by atoms with E-state index in [1.54, 1.807) is 0 Å². The fourth-order valence-electron chi connectivity index (χ4n) is 1.88. The molecule has 3 aromatic rings. The quantitative estimate of drug-likeness (QED) is 0.638. The van der Waals surface area contributed by atoms with Crippen LogP contribution >= 0.6 is 0 Å². The van der Waals surface area contributed by atoms with Gasteiger partial charge in [0.05, 0.1) is 11.9 Å². The highest BCUT2D eigenvalue weighted by molar-refractivity contribution is 5.62. The lowest BCUT2D eigenvalue weighted by Gasteiger charge is -2.10. The predicted molar refractivity (Wildman–Crippen MR) is 63.4 cm³/mol. The average molecular weight is 281 g/mol. The first-order chi connectivity index (χ1) is 9.45. The van der Waals surface area contributed by atoms with E-state index in [1.165, 1.54) is 36.5 Å². The van der Waals surface area contributed by atoms with Crippen LogP contribution in [0.3, 0.4) is 0 Å². The van der Waals surface area contributed by atoms with Gasteiger partial charge in [0.2, 0.25) is 0 Å². The molecule has 3 nitrogen and oxygen atoms in total. The zero-order chi connectivity index (χ0) is 14.3. The summed E-state index contributed by atoms with van der Waals surface area (Å²) in [5.41, 5.74) is -0.322. The molecule has 0 spiro atoms. The smallest absolute Gasteiger partial charge is 0.229 e. The van der Waals surface area contributed by atoms with E-state index in [-0.39, 0.29) is 11.3 Å². The van der Waals surface area contributed by atoms with Gasteiger partial charge in [-0.1, -0.05) is 0 Å². The van der Waals surface area contributed by atoms with Crippen molar-refractivity contribution < 1.29 is 17.6 Å². The molecule has 102 valence electrons. The van der Waals surface area contributed by atoms with Gasteiger partial charge in [0.15, 0.2) is 11.3 Å². The number of hydrogen-bond donors (Lipinski definition) is 0. The SMILES string of the molecule is Fc1ccc(-c2cc(C(F)(F)F)n3nccc3n2)cc1. The van der Waals surface area contributed by atoms with Crippen molar-refractivity contribution in [3.63, 3.8) is 0 Å². The van der Waals surface area contributed by atoms with E-state index >= 15 is 0 Å². The molecule has 0 N–H and O–H groups in total. The summed E-state index contributed by atoms with van der Waals surface area (Å²) in [6.07, 6.45) is -3.31. The molecule has 0 saturated carbocycles. The number of fused-ring (bicyclic) bond motifs is 1. The van der Waals surface area contributed by atoms with Crippen LogP contribution in [0, 0.1) is 5.82 Å². The van der Waals surface area contributed by atoms with Crippen LogP contribution in [-0.4, -0.2) is 14.6 Å². The third-order valence-corrected chi connectivity index (χ3v) is 2.79. The van der Waals surface area contributed by atoms with E-state index in [2.05, 4.69) is 10.1 Å². The van der Waals surface area contributed by atoms with Crippen LogP contribution in [0.2, 0.25) is 0 Å². The Kier molecular flexibility index (Phi) is 2.70. The molecule has 0 amide bonds. The van der Waals surface area contributed by atoms with E-state index in [9.17, 15) is 17.6 Å². The molecule has 1 aromatic carbocycles. The second kappa shape index (κ2) is 4.29. The standard InChI is InChI=1S/C13H7F4N3/c14-9-3-1-8(2-4-9)10-7-11(13(15,16)17)20-12(19-10)5-6-18-20/h1-7H.